The fourth-order valence-corrected chi connectivity index (χ4v) is 3.44. The molecule has 0 unspecified atom stereocenters. The molecule has 19 heavy (non-hydrogen) atoms. The highest BCUT2D eigenvalue weighted by atomic mass is 35.5. The number of Topliss-reactive ketones (excluding diaryl/α,β-unsaturated/α-hetero) is 1. The third-order valence-corrected chi connectivity index (χ3v) is 5.94. The van der Waals surface area contributed by atoms with Crippen LogP contribution in [-0.4, -0.2) is 31.5 Å². The zero-order chi connectivity index (χ0) is 14.3. The number of hydrogen-bond acceptors (Lipinski definition) is 4. The average Bonchev–Trinajstić information content (AvgIpc) is 2.37. The molecule has 0 N–H and O–H groups in total. The number of ketones is 1. The first kappa shape index (κ1) is 16.5. The van der Waals surface area contributed by atoms with Gasteiger partial charge >= 0.3 is 0 Å². The molecular formula is C13H17ClO3S2. The third kappa shape index (κ3) is 6.45. The summed E-state index contributed by atoms with van der Waals surface area (Å²) in [7, 11) is -2.97. The van der Waals surface area contributed by atoms with Gasteiger partial charge in [0.1, 0.15) is 15.6 Å². The minimum atomic E-state index is -2.97. The maximum absolute atomic E-state index is 11.6. The number of carbonyl (C=O) groups excluding carboxylic acids is 1. The Kier molecular flexibility index (Phi) is 6.89. The van der Waals surface area contributed by atoms with Crippen LogP contribution in [0.1, 0.15) is 19.8 Å². The molecule has 3 nitrogen and oxygen atoms in total. The Morgan fingerprint density at radius 3 is 2.63 bits per heavy atom. The van der Waals surface area contributed by atoms with Gasteiger partial charge in [-0.05, 0) is 18.6 Å². The Morgan fingerprint density at radius 1 is 1.32 bits per heavy atom. The van der Waals surface area contributed by atoms with E-state index in [0.29, 0.717) is 23.6 Å². The lowest BCUT2D eigenvalue weighted by molar-refractivity contribution is -0.116. The Balaban J connectivity index is 2.31. The average molecular weight is 321 g/mol. The Bertz CT molecular complexity index is 526. The molecule has 0 heterocycles. The van der Waals surface area contributed by atoms with E-state index in [1.165, 1.54) is 11.8 Å². The standard InChI is InChI=1S/C13H17ClO3S2/c1-2-19(16,17)9-5-6-11(15)10-18-13-8-4-3-7-12(13)14/h3-4,7-8H,2,5-6,9-10H2,1H3. The number of benzene rings is 1. The molecule has 0 aliphatic rings. The zero-order valence-corrected chi connectivity index (χ0v) is 13.2. The SMILES string of the molecule is CCS(=O)(=O)CCCC(=O)CSc1ccccc1Cl. The molecule has 1 rings (SSSR count). The Morgan fingerprint density at radius 2 is 2.00 bits per heavy atom. The van der Waals surface area contributed by atoms with Crippen molar-refractivity contribution in [2.45, 2.75) is 24.7 Å². The first-order valence-corrected chi connectivity index (χ1v) is 9.22. The molecule has 0 saturated heterocycles. The summed E-state index contributed by atoms with van der Waals surface area (Å²) in [6.45, 7) is 1.62. The van der Waals surface area contributed by atoms with Crippen LogP contribution in [0.4, 0.5) is 0 Å². The molecule has 0 aliphatic carbocycles. The number of carbonyl (C=O) groups is 1. The second-order valence-corrected chi connectivity index (χ2v) is 7.99. The molecule has 0 saturated carbocycles. The number of rotatable bonds is 8. The normalized spacial score (nSPS) is 11.5. The topological polar surface area (TPSA) is 51.2 Å². The predicted octanol–water partition coefficient (Wildman–Crippen LogP) is 3.22. The van der Waals surface area contributed by atoms with Gasteiger partial charge in [0.25, 0.3) is 0 Å². The molecule has 0 aromatic heterocycles. The van der Waals surface area contributed by atoms with Gasteiger partial charge in [0.05, 0.1) is 16.5 Å². The Hall–Kier alpha value is -0.520. The molecule has 106 valence electrons. The molecule has 0 spiro atoms. The summed E-state index contributed by atoms with van der Waals surface area (Å²) in [6.07, 6.45) is 0.703. The number of sulfone groups is 1. The molecule has 0 radical (unpaired) electrons. The minimum absolute atomic E-state index is 0.0521. The van der Waals surface area contributed by atoms with E-state index in [9.17, 15) is 13.2 Å². The summed E-state index contributed by atoms with van der Waals surface area (Å²) in [4.78, 5) is 12.5. The molecule has 0 bridgehead atoms. The van der Waals surface area contributed by atoms with Gasteiger partial charge < -0.3 is 0 Å². The van der Waals surface area contributed by atoms with Gasteiger partial charge in [0, 0.05) is 17.1 Å². The van der Waals surface area contributed by atoms with Crippen molar-refractivity contribution in [1.29, 1.82) is 0 Å². The van der Waals surface area contributed by atoms with E-state index in [4.69, 9.17) is 11.6 Å². The molecule has 0 aliphatic heterocycles. The van der Waals surface area contributed by atoms with Gasteiger partial charge in [-0.1, -0.05) is 30.7 Å². The smallest absolute Gasteiger partial charge is 0.150 e. The highest BCUT2D eigenvalue weighted by Gasteiger charge is 2.10. The predicted molar refractivity (Wildman–Crippen MR) is 80.7 cm³/mol. The molecular weight excluding hydrogens is 304 g/mol. The lowest BCUT2D eigenvalue weighted by Gasteiger charge is -2.04. The molecule has 1 aromatic carbocycles. The summed E-state index contributed by atoms with van der Waals surface area (Å²) >= 11 is 7.37. The van der Waals surface area contributed by atoms with Gasteiger partial charge in [-0.15, -0.1) is 11.8 Å². The van der Waals surface area contributed by atoms with E-state index in [0.717, 1.165) is 4.90 Å². The van der Waals surface area contributed by atoms with Crippen LogP contribution in [0.5, 0.6) is 0 Å². The number of hydrogen-bond donors (Lipinski definition) is 0. The number of halogens is 1. The van der Waals surface area contributed by atoms with E-state index in [1.807, 2.05) is 18.2 Å². The zero-order valence-electron chi connectivity index (χ0n) is 10.8. The van der Waals surface area contributed by atoms with Crippen molar-refractivity contribution >= 4 is 39.0 Å². The van der Waals surface area contributed by atoms with Crippen molar-refractivity contribution in [3.8, 4) is 0 Å². The maximum Gasteiger partial charge on any atom is 0.150 e. The first-order chi connectivity index (χ1) is 8.94. The Labute approximate surface area is 123 Å². The van der Waals surface area contributed by atoms with Crippen LogP contribution in [0.2, 0.25) is 5.02 Å². The summed E-state index contributed by atoms with van der Waals surface area (Å²) in [5.74, 6) is 0.605. The fraction of sp³-hybridized carbons (Fsp3) is 0.462. The van der Waals surface area contributed by atoms with Gasteiger partial charge in [0.2, 0.25) is 0 Å². The van der Waals surface area contributed by atoms with Crippen LogP contribution < -0.4 is 0 Å². The number of thioether (sulfide) groups is 1. The van der Waals surface area contributed by atoms with Crippen molar-refractivity contribution < 1.29 is 13.2 Å². The van der Waals surface area contributed by atoms with Crippen molar-refractivity contribution in [2.24, 2.45) is 0 Å². The third-order valence-electron chi connectivity index (χ3n) is 2.58. The van der Waals surface area contributed by atoms with Crippen LogP contribution in [0.15, 0.2) is 29.2 Å². The molecule has 6 heteroatoms. The lowest BCUT2D eigenvalue weighted by Crippen LogP contribution is -2.11. The second-order valence-electron chi connectivity index (χ2n) is 4.10. The van der Waals surface area contributed by atoms with E-state index in [1.54, 1.807) is 13.0 Å². The second kappa shape index (κ2) is 7.92. The van der Waals surface area contributed by atoms with E-state index in [-0.39, 0.29) is 17.3 Å². The molecule has 1 aromatic rings. The van der Waals surface area contributed by atoms with Crippen LogP contribution >= 0.6 is 23.4 Å². The quantitative estimate of drug-likeness (QED) is 0.690. The van der Waals surface area contributed by atoms with Crippen LogP contribution in [0.3, 0.4) is 0 Å². The van der Waals surface area contributed by atoms with Gasteiger partial charge in [-0.3, -0.25) is 4.79 Å². The monoisotopic (exact) mass is 320 g/mol. The summed E-state index contributed by atoms with van der Waals surface area (Å²) in [6, 6.07) is 7.35. The highest BCUT2D eigenvalue weighted by molar-refractivity contribution is 8.00. The van der Waals surface area contributed by atoms with Crippen LogP contribution in [-0.2, 0) is 14.6 Å². The maximum atomic E-state index is 11.6. The largest absolute Gasteiger partial charge is 0.299 e. The van der Waals surface area contributed by atoms with Crippen LogP contribution in [0.25, 0.3) is 0 Å². The van der Waals surface area contributed by atoms with Gasteiger partial charge in [-0.25, -0.2) is 8.42 Å². The van der Waals surface area contributed by atoms with Crippen molar-refractivity contribution in [3.63, 3.8) is 0 Å². The molecule has 0 atom stereocenters. The molecule has 0 fully saturated rings. The van der Waals surface area contributed by atoms with E-state index < -0.39 is 9.84 Å². The first-order valence-electron chi connectivity index (χ1n) is 6.04. The van der Waals surface area contributed by atoms with Crippen molar-refractivity contribution in [3.05, 3.63) is 29.3 Å². The van der Waals surface area contributed by atoms with Crippen molar-refractivity contribution in [1.82, 2.24) is 0 Å². The van der Waals surface area contributed by atoms with Gasteiger partial charge in [0.15, 0.2) is 0 Å². The minimum Gasteiger partial charge on any atom is -0.299 e. The summed E-state index contributed by atoms with van der Waals surface area (Å²) < 4.78 is 22.5. The summed E-state index contributed by atoms with van der Waals surface area (Å²) in [5.41, 5.74) is 0. The summed E-state index contributed by atoms with van der Waals surface area (Å²) in [5, 5.41) is 0.633. The van der Waals surface area contributed by atoms with E-state index >= 15 is 0 Å². The molecule has 0 amide bonds. The van der Waals surface area contributed by atoms with Crippen LogP contribution in [0, 0.1) is 0 Å². The van der Waals surface area contributed by atoms with E-state index in [2.05, 4.69) is 0 Å². The van der Waals surface area contributed by atoms with Gasteiger partial charge in [-0.2, -0.15) is 0 Å². The fourth-order valence-electron chi connectivity index (χ4n) is 1.43. The highest BCUT2D eigenvalue weighted by Crippen LogP contribution is 2.26. The lowest BCUT2D eigenvalue weighted by atomic mass is 10.2. The van der Waals surface area contributed by atoms with Crippen molar-refractivity contribution in [2.75, 3.05) is 17.3 Å².